The summed E-state index contributed by atoms with van der Waals surface area (Å²) in [4.78, 5) is 14.2. The third kappa shape index (κ3) is 2.21. The topological polar surface area (TPSA) is 32.3 Å². The first-order chi connectivity index (χ1) is 7.29. The summed E-state index contributed by atoms with van der Waals surface area (Å²) in [7, 11) is 1.99. The highest BCUT2D eigenvalue weighted by Gasteiger charge is 2.52. The van der Waals surface area contributed by atoms with E-state index in [0.717, 1.165) is 31.3 Å². The van der Waals surface area contributed by atoms with Gasteiger partial charge in [0.25, 0.3) is 0 Å². The fourth-order valence-electron chi connectivity index (χ4n) is 2.97. The van der Waals surface area contributed by atoms with E-state index in [2.05, 4.69) is 10.2 Å². The van der Waals surface area contributed by atoms with Gasteiger partial charge in [0.15, 0.2) is 0 Å². The predicted octanol–water partition coefficient (Wildman–Crippen LogP) is 1.27. The van der Waals surface area contributed by atoms with Crippen molar-refractivity contribution in [2.75, 3.05) is 20.1 Å². The minimum Gasteiger partial charge on any atom is -0.341 e. The smallest absolute Gasteiger partial charge is 0.226 e. The lowest BCUT2D eigenvalue weighted by Gasteiger charge is -2.16. The molecule has 0 bridgehead atoms. The molecule has 16 heavy (non-hydrogen) atoms. The van der Waals surface area contributed by atoms with Gasteiger partial charge in [0.05, 0.1) is 0 Å². The zero-order chi connectivity index (χ0) is 10.4. The molecule has 0 spiro atoms. The van der Waals surface area contributed by atoms with E-state index in [1.54, 1.807) is 0 Å². The largest absolute Gasteiger partial charge is 0.341 e. The number of nitrogens with zero attached hydrogens (tertiary/aromatic N) is 1. The molecule has 0 radical (unpaired) electrons. The van der Waals surface area contributed by atoms with E-state index in [-0.39, 0.29) is 12.4 Å². The zero-order valence-corrected chi connectivity index (χ0v) is 10.6. The van der Waals surface area contributed by atoms with Crippen molar-refractivity contribution < 1.29 is 4.79 Å². The maximum atomic E-state index is 12.1. The molecule has 3 unspecified atom stereocenters. The van der Waals surface area contributed by atoms with Crippen LogP contribution in [0.1, 0.15) is 25.7 Å². The molecule has 1 saturated heterocycles. The first-order valence-corrected chi connectivity index (χ1v) is 6.25. The molecule has 1 amide bonds. The monoisotopic (exact) mass is 244 g/mol. The lowest BCUT2D eigenvalue weighted by molar-refractivity contribution is -0.131. The van der Waals surface area contributed by atoms with E-state index in [4.69, 9.17) is 0 Å². The molecule has 3 rings (SSSR count). The van der Waals surface area contributed by atoms with Crippen molar-refractivity contribution in [3.8, 4) is 0 Å². The van der Waals surface area contributed by atoms with E-state index in [9.17, 15) is 4.79 Å². The molecule has 3 fully saturated rings. The molecule has 1 heterocycles. The predicted molar refractivity (Wildman–Crippen MR) is 65.6 cm³/mol. The zero-order valence-electron chi connectivity index (χ0n) is 9.82. The normalized spacial score (nSPS) is 37.1. The molecule has 0 aromatic carbocycles. The fraction of sp³-hybridized carbons (Fsp3) is 0.917. The van der Waals surface area contributed by atoms with Crippen LogP contribution in [0.3, 0.4) is 0 Å². The van der Waals surface area contributed by atoms with Gasteiger partial charge in [-0.3, -0.25) is 4.79 Å². The highest BCUT2D eigenvalue weighted by molar-refractivity contribution is 5.85. The Labute approximate surface area is 103 Å². The molecule has 1 N–H and O–H groups in total. The van der Waals surface area contributed by atoms with Crippen molar-refractivity contribution in [1.29, 1.82) is 0 Å². The number of halogens is 1. The molecular formula is C12H21ClN2O. The summed E-state index contributed by atoms with van der Waals surface area (Å²) in [5.41, 5.74) is 0. The van der Waals surface area contributed by atoms with Crippen LogP contribution in [0.25, 0.3) is 0 Å². The number of carbonyl (C=O) groups is 1. The van der Waals surface area contributed by atoms with Gasteiger partial charge in [0.1, 0.15) is 0 Å². The average molecular weight is 245 g/mol. The van der Waals surface area contributed by atoms with Crippen molar-refractivity contribution in [1.82, 2.24) is 10.2 Å². The van der Waals surface area contributed by atoms with Crippen LogP contribution in [0.4, 0.5) is 0 Å². The maximum Gasteiger partial charge on any atom is 0.226 e. The van der Waals surface area contributed by atoms with Gasteiger partial charge in [-0.15, -0.1) is 12.4 Å². The SMILES string of the molecule is CNC1CCN(C(=O)C2CC2C2CC2)C1.Cl. The quantitative estimate of drug-likeness (QED) is 0.811. The van der Waals surface area contributed by atoms with Crippen LogP contribution < -0.4 is 5.32 Å². The Balaban J connectivity index is 0.000000963. The standard InChI is InChI=1S/C12H20N2O.ClH/c1-13-9-4-5-14(7-9)12(15)11-6-10(11)8-2-3-8;/h8-11,13H,2-7H2,1H3;1H. The van der Waals surface area contributed by atoms with E-state index in [1.807, 2.05) is 7.05 Å². The van der Waals surface area contributed by atoms with E-state index < -0.39 is 0 Å². The lowest BCUT2D eigenvalue weighted by atomic mass is 10.2. The second-order valence-electron chi connectivity index (χ2n) is 5.40. The van der Waals surface area contributed by atoms with Gasteiger partial charge in [-0.2, -0.15) is 0 Å². The van der Waals surface area contributed by atoms with Crippen molar-refractivity contribution >= 4 is 18.3 Å². The van der Waals surface area contributed by atoms with Gasteiger partial charge in [-0.1, -0.05) is 0 Å². The lowest BCUT2D eigenvalue weighted by Crippen LogP contribution is -2.34. The van der Waals surface area contributed by atoms with Crippen LogP contribution in [0.5, 0.6) is 0 Å². The summed E-state index contributed by atoms with van der Waals surface area (Å²) in [5, 5.41) is 3.26. The van der Waals surface area contributed by atoms with Crippen LogP contribution in [0, 0.1) is 17.8 Å². The second kappa shape index (κ2) is 4.53. The summed E-state index contributed by atoms with van der Waals surface area (Å²) in [6.07, 6.45) is 5.08. The van der Waals surface area contributed by atoms with Crippen molar-refractivity contribution in [3.63, 3.8) is 0 Å². The van der Waals surface area contributed by atoms with Gasteiger partial charge >= 0.3 is 0 Å². The highest BCUT2D eigenvalue weighted by atomic mass is 35.5. The Hall–Kier alpha value is -0.280. The van der Waals surface area contributed by atoms with Gasteiger partial charge in [0, 0.05) is 25.0 Å². The first kappa shape index (κ1) is 12.2. The Kier molecular flexibility index (Phi) is 3.45. The molecule has 92 valence electrons. The fourth-order valence-corrected chi connectivity index (χ4v) is 2.97. The third-order valence-corrected chi connectivity index (χ3v) is 4.29. The first-order valence-electron chi connectivity index (χ1n) is 6.25. The maximum absolute atomic E-state index is 12.1. The van der Waals surface area contributed by atoms with Gasteiger partial charge < -0.3 is 10.2 Å². The number of likely N-dealkylation sites (N-methyl/N-ethyl adjacent to an activating group) is 1. The summed E-state index contributed by atoms with van der Waals surface area (Å²) in [6, 6.07) is 0.534. The van der Waals surface area contributed by atoms with Crippen LogP contribution in [-0.2, 0) is 4.79 Å². The summed E-state index contributed by atoms with van der Waals surface area (Å²) in [6.45, 7) is 1.90. The molecule has 3 nitrogen and oxygen atoms in total. The van der Waals surface area contributed by atoms with Crippen molar-refractivity contribution in [2.24, 2.45) is 17.8 Å². The molecule has 2 saturated carbocycles. The van der Waals surface area contributed by atoms with Crippen molar-refractivity contribution in [3.05, 3.63) is 0 Å². The third-order valence-electron chi connectivity index (χ3n) is 4.29. The van der Waals surface area contributed by atoms with E-state index in [1.165, 1.54) is 19.3 Å². The number of rotatable bonds is 3. The van der Waals surface area contributed by atoms with Crippen LogP contribution in [0.2, 0.25) is 0 Å². The second-order valence-corrected chi connectivity index (χ2v) is 5.40. The Morgan fingerprint density at radius 3 is 2.62 bits per heavy atom. The Bertz CT molecular complexity index is 280. The van der Waals surface area contributed by atoms with Crippen LogP contribution >= 0.6 is 12.4 Å². The number of likely N-dealkylation sites (tertiary alicyclic amines) is 1. The molecule has 0 aromatic heterocycles. The van der Waals surface area contributed by atoms with E-state index >= 15 is 0 Å². The molecule has 2 aliphatic carbocycles. The van der Waals surface area contributed by atoms with Crippen LogP contribution in [-0.4, -0.2) is 37.0 Å². The molecule has 4 heteroatoms. The average Bonchev–Trinajstić information content (AvgIpc) is 3.11. The highest BCUT2D eigenvalue weighted by Crippen LogP contribution is 2.55. The number of nitrogens with one attached hydrogen (secondary N) is 1. The number of carbonyl (C=O) groups excluding carboxylic acids is 1. The van der Waals surface area contributed by atoms with E-state index in [0.29, 0.717) is 17.9 Å². The summed E-state index contributed by atoms with van der Waals surface area (Å²) >= 11 is 0. The molecule has 3 atom stereocenters. The summed E-state index contributed by atoms with van der Waals surface area (Å²) in [5.74, 6) is 2.55. The van der Waals surface area contributed by atoms with Gasteiger partial charge in [-0.25, -0.2) is 0 Å². The minimum atomic E-state index is 0. The van der Waals surface area contributed by atoms with Crippen LogP contribution in [0.15, 0.2) is 0 Å². The van der Waals surface area contributed by atoms with Gasteiger partial charge in [-0.05, 0) is 44.6 Å². The molecule has 1 aliphatic heterocycles. The number of hydrogen-bond acceptors (Lipinski definition) is 2. The van der Waals surface area contributed by atoms with Gasteiger partial charge in [0.2, 0.25) is 5.91 Å². The Morgan fingerprint density at radius 1 is 1.31 bits per heavy atom. The molecular weight excluding hydrogens is 224 g/mol. The Morgan fingerprint density at radius 2 is 2.06 bits per heavy atom. The number of amides is 1. The van der Waals surface area contributed by atoms with Crippen molar-refractivity contribution in [2.45, 2.75) is 31.7 Å². The number of hydrogen-bond donors (Lipinski definition) is 1. The molecule has 0 aromatic rings. The summed E-state index contributed by atoms with van der Waals surface area (Å²) < 4.78 is 0. The minimum absolute atomic E-state index is 0. The molecule has 3 aliphatic rings.